The molecular formula is C6H8N4NaO+. The number of fused-ring (bicyclic) bond motifs is 1. The number of aliphatic imine (C=N–C) groups is 2. The molecule has 2 aliphatic heterocycles. The van der Waals surface area contributed by atoms with Crippen molar-refractivity contribution in [3.05, 3.63) is 11.8 Å². The minimum Gasteiger partial charge on any atom is -1.00 e. The quantitative estimate of drug-likeness (QED) is 0.324. The molecule has 2 rings (SSSR count). The molecule has 12 heavy (non-hydrogen) atoms. The number of hydrogen-bond donors (Lipinski definition) is 1. The van der Waals surface area contributed by atoms with E-state index in [1.807, 2.05) is 6.92 Å². The van der Waals surface area contributed by atoms with E-state index in [2.05, 4.69) is 15.1 Å². The van der Waals surface area contributed by atoms with E-state index in [0.717, 1.165) is 5.57 Å². The van der Waals surface area contributed by atoms with Crippen LogP contribution in [0.1, 0.15) is 8.35 Å². The molecule has 2 aliphatic rings. The molecular weight excluding hydrogens is 167 g/mol. The Morgan fingerprint density at radius 2 is 2.33 bits per heavy atom. The fourth-order valence-corrected chi connectivity index (χ4v) is 0.979. The van der Waals surface area contributed by atoms with Crippen molar-refractivity contribution in [3.63, 3.8) is 0 Å². The number of guanidine groups is 1. The second-order valence-electron chi connectivity index (χ2n) is 2.44. The third kappa shape index (κ3) is 1.41. The monoisotopic (exact) mass is 175 g/mol. The summed E-state index contributed by atoms with van der Waals surface area (Å²) in [5, 5.41) is 13.3. The summed E-state index contributed by atoms with van der Waals surface area (Å²) in [6, 6.07) is 0. The molecule has 2 heterocycles. The fraction of sp³-hybridized carbons (Fsp3) is 0.167. The van der Waals surface area contributed by atoms with Crippen molar-refractivity contribution in [1.82, 2.24) is 0 Å². The van der Waals surface area contributed by atoms with Gasteiger partial charge >= 0.3 is 35.5 Å². The van der Waals surface area contributed by atoms with Gasteiger partial charge < -0.3 is 1.43 Å². The second kappa shape index (κ2) is 3.20. The van der Waals surface area contributed by atoms with Crippen LogP contribution in [0.5, 0.6) is 0 Å². The molecule has 0 radical (unpaired) electrons. The average Bonchev–Trinajstić information content (AvgIpc) is 2.28. The van der Waals surface area contributed by atoms with Gasteiger partial charge in [-0.1, -0.05) is 0 Å². The van der Waals surface area contributed by atoms with Gasteiger partial charge in [-0.3, -0.25) is 0 Å². The molecule has 1 atom stereocenters. The van der Waals surface area contributed by atoms with Crippen LogP contribution in [0.2, 0.25) is 0 Å². The minimum atomic E-state index is -0.637. The summed E-state index contributed by atoms with van der Waals surface area (Å²) in [6.45, 7) is 1.84. The van der Waals surface area contributed by atoms with Crippen LogP contribution in [0.4, 0.5) is 0 Å². The second-order valence-corrected chi connectivity index (χ2v) is 2.44. The Balaban J connectivity index is 0.000000720. The van der Waals surface area contributed by atoms with Gasteiger partial charge in [-0.15, -0.1) is 0 Å². The van der Waals surface area contributed by atoms with Gasteiger partial charge in [0.1, 0.15) is 0 Å². The van der Waals surface area contributed by atoms with Crippen LogP contribution in [0.15, 0.2) is 26.9 Å². The number of allylic oxidation sites excluding steroid dienone is 1. The maximum Gasteiger partial charge on any atom is 1.00 e. The Labute approximate surface area is 93.1 Å². The van der Waals surface area contributed by atoms with Crippen LogP contribution in [0.25, 0.3) is 0 Å². The van der Waals surface area contributed by atoms with Gasteiger partial charge in [-0.25, -0.2) is 0 Å². The molecule has 0 spiro atoms. The predicted octanol–water partition coefficient (Wildman–Crippen LogP) is -2.39. The summed E-state index contributed by atoms with van der Waals surface area (Å²) in [5.74, 6) is 0.288. The molecule has 58 valence electrons. The maximum atomic E-state index is 9.60. The molecule has 0 saturated heterocycles. The summed E-state index contributed by atoms with van der Waals surface area (Å²) in [5.41, 5.74) is 0.866. The molecule has 0 saturated carbocycles. The summed E-state index contributed by atoms with van der Waals surface area (Å²) in [7, 11) is 0. The van der Waals surface area contributed by atoms with Crippen molar-refractivity contribution in [2.75, 3.05) is 0 Å². The van der Waals surface area contributed by atoms with E-state index >= 15 is 0 Å². The topological polar surface area (TPSA) is 57.3 Å². The van der Waals surface area contributed by atoms with Crippen LogP contribution in [0, 0.1) is 0 Å². The summed E-state index contributed by atoms with van der Waals surface area (Å²) in [4.78, 5) is 7.67. The normalized spacial score (nSPS) is 30.5. The fourth-order valence-electron chi connectivity index (χ4n) is 0.979. The first-order chi connectivity index (χ1) is 5.21. The minimum absolute atomic E-state index is 0. The molecule has 0 aromatic rings. The molecule has 0 aromatic carbocycles. The molecule has 0 aromatic heterocycles. The molecule has 6 heteroatoms. The Kier molecular flexibility index (Phi) is 2.60. The van der Waals surface area contributed by atoms with Gasteiger partial charge in [-0.2, -0.15) is 15.2 Å². The van der Waals surface area contributed by atoms with Crippen molar-refractivity contribution >= 4 is 18.5 Å². The first-order valence-electron chi connectivity index (χ1n) is 3.18. The van der Waals surface area contributed by atoms with E-state index in [9.17, 15) is 5.21 Å². The summed E-state index contributed by atoms with van der Waals surface area (Å²) < 4.78 is -0.637. The zero-order valence-corrected chi connectivity index (χ0v) is 8.97. The van der Waals surface area contributed by atoms with Gasteiger partial charge in [0.2, 0.25) is 0 Å². The van der Waals surface area contributed by atoms with Crippen molar-refractivity contribution < 1.29 is 40.9 Å². The largest absolute Gasteiger partial charge is 1.00 e. The van der Waals surface area contributed by atoms with E-state index in [-0.39, 0.29) is 36.9 Å². The molecule has 0 fully saturated rings. The number of hydroxylamine groups is 2. The SMILES string of the molecule is CC1=C[N+]2(O)N=CN=C2N=C1.[H-].[Na+]. The van der Waals surface area contributed by atoms with Crippen molar-refractivity contribution in [2.45, 2.75) is 6.92 Å². The van der Waals surface area contributed by atoms with Gasteiger partial charge in [0, 0.05) is 16.5 Å². The number of nitrogens with zero attached hydrogens (tertiary/aromatic N) is 4. The van der Waals surface area contributed by atoms with Crippen LogP contribution in [0.3, 0.4) is 0 Å². The Hall–Kier alpha value is -0.330. The van der Waals surface area contributed by atoms with Crippen LogP contribution in [-0.2, 0) is 0 Å². The standard InChI is InChI=1S/C6H7N4O.Na.H/c1-5-2-7-6-8-4-9-10(6,11)3-5;;/h2-4,11H,1H3;;/q2*+1;-1. The van der Waals surface area contributed by atoms with Gasteiger partial charge in [-0.05, 0) is 12.0 Å². The molecule has 1 N–H and O–H groups in total. The number of quaternary nitrogens is 1. The van der Waals surface area contributed by atoms with Crippen molar-refractivity contribution in [1.29, 1.82) is 0 Å². The van der Waals surface area contributed by atoms with Crippen molar-refractivity contribution in [3.8, 4) is 0 Å². The first kappa shape index (κ1) is 9.76. The third-order valence-electron chi connectivity index (χ3n) is 1.46. The number of hydrogen-bond acceptors (Lipinski definition) is 4. The van der Waals surface area contributed by atoms with E-state index in [1.54, 1.807) is 12.4 Å². The molecule has 0 amide bonds. The first-order valence-corrected chi connectivity index (χ1v) is 3.18. The Morgan fingerprint density at radius 1 is 1.58 bits per heavy atom. The zero-order valence-electron chi connectivity index (χ0n) is 7.97. The van der Waals surface area contributed by atoms with Crippen molar-refractivity contribution in [2.24, 2.45) is 15.1 Å². The van der Waals surface area contributed by atoms with Gasteiger partial charge in [0.15, 0.2) is 12.5 Å². The molecule has 0 bridgehead atoms. The maximum absolute atomic E-state index is 9.60. The molecule has 5 nitrogen and oxygen atoms in total. The van der Waals surface area contributed by atoms with E-state index in [4.69, 9.17) is 0 Å². The Morgan fingerprint density at radius 3 is 3.08 bits per heavy atom. The van der Waals surface area contributed by atoms with Gasteiger partial charge in [0.25, 0.3) is 0 Å². The summed E-state index contributed by atoms with van der Waals surface area (Å²) >= 11 is 0. The van der Waals surface area contributed by atoms with E-state index in [0.29, 0.717) is 0 Å². The average molecular weight is 175 g/mol. The van der Waals surface area contributed by atoms with Crippen LogP contribution >= 0.6 is 0 Å². The van der Waals surface area contributed by atoms with E-state index in [1.165, 1.54) is 6.34 Å². The smallest absolute Gasteiger partial charge is 1.00 e. The number of rotatable bonds is 0. The molecule has 1 unspecified atom stereocenters. The predicted molar refractivity (Wildman–Crippen MR) is 41.3 cm³/mol. The zero-order chi connectivity index (χ0) is 7.90. The summed E-state index contributed by atoms with van der Waals surface area (Å²) in [6.07, 6.45) is 4.50. The van der Waals surface area contributed by atoms with Crippen LogP contribution in [-0.4, -0.2) is 28.5 Å². The Bertz CT molecular complexity index is 325. The van der Waals surface area contributed by atoms with E-state index < -0.39 is 4.76 Å². The third-order valence-corrected chi connectivity index (χ3v) is 1.46. The van der Waals surface area contributed by atoms with Gasteiger partial charge in [0.05, 0.1) is 0 Å². The van der Waals surface area contributed by atoms with Crippen LogP contribution < -0.4 is 29.6 Å². The molecule has 0 aliphatic carbocycles.